The van der Waals surface area contributed by atoms with Gasteiger partial charge < -0.3 is 20.7 Å². The molecule has 1 saturated heterocycles. The SMILES string of the molecule is CCN(CC(=O)Nc1c(Cl)cccc1Cl)C(=O)C1(CN)CCOCC1. The number of amides is 2. The van der Waals surface area contributed by atoms with Crippen LogP contribution in [0.4, 0.5) is 5.69 Å². The highest BCUT2D eigenvalue weighted by Gasteiger charge is 2.41. The molecule has 2 rings (SSSR count). The average Bonchev–Trinajstić information content (AvgIpc) is 2.63. The lowest BCUT2D eigenvalue weighted by molar-refractivity contribution is -0.148. The summed E-state index contributed by atoms with van der Waals surface area (Å²) in [7, 11) is 0. The van der Waals surface area contributed by atoms with Gasteiger partial charge in [0.2, 0.25) is 11.8 Å². The molecule has 0 bridgehead atoms. The Balaban J connectivity index is 2.08. The van der Waals surface area contributed by atoms with Gasteiger partial charge in [-0.25, -0.2) is 0 Å². The minimum absolute atomic E-state index is 0.0838. The van der Waals surface area contributed by atoms with Crippen molar-refractivity contribution in [1.82, 2.24) is 4.90 Å². The third-order valence-corrected chi connectivity index (χ3v) is 5.15. The van der Waals surface area contributed by atoms with Crippen LogP contribution in [0.1, 0.15) is 19.8 Å². The molecule has 138 valence electrons. The number of nitrogens with two attached hydrogens (primary N) is 1. The molecular weight excluding hydrogens is 365 g/mol. The number of carbonyl (C=O) groups is 2. The molecule has 1 aromatic carbocycles. The van der Waals surface area contributed by atoms with Crippen molar-refractivity contribution in [3.63, 3.8) is 0 Å². The number of ether oxygens (including phenoxy) is 1. The number of nitrogens with zero attached hydrogens (tertiary/aromatic N) is 1. The van der Waals surface area contributed by atoms with Crippen LogP contribution in [0.15, 0.2) is 18.2 Å². The molecule has 0 saturated carbocycles. The second kappa shape index (κ2) is 8.85. The number of rotatable bonds is 6. The summed E-state index contributed by atoms with van der Waals surface area (Å²) >= 11 is 12.1. The smallest absolute Gasteiger partial charge is 0.244 e. The van der Waals surface area contributed by atoms with Crippen LogP contribution < -0.4 is 11.1 Å². The molecule has 0 aromatic heterocycles. The van der Waals surface area contributed by atoms with E-state index in [9.17, 15) is 9.59 Å². The van der Waals surface area contributed by atoms with Gasteiger partial charge in [0.15, 0.2) is 0 Å². The zero-order valence-corrected chi connectivity index (χ0v) is 15.7. The van der Waals surface area contributed by atoms with Crippen LogP contribution in [0, 0.1) is 5.41 Å². The molecule has 0 radical (unpaired) electrons. The summed E-state index contributed by atoms with van der Waals surface area (Å²) in [5.74, 6) is -0.467. The van der Waals surface area contributed by atoms with Gasteiger partial charge >= 0.3 is 0 Å². The number of para-hydroxylation sites is 1. The van der Waals surface area contributed by atoms with Crippen LogP contribution in [-0.2, 0) is 14.3 Å². The van der Waals surface area contributed by atoms with E-state index in [1.165, 1.54) is 4.90 Å². The number of carbonyl (C=O) groups excluding carboxylic acids is 2. The Bertz CT molecular complexity index is 613. The van der Waals surface area contributed by atoms with Gasteiger partial charge in [-0.3, -0.25) is 9.59 Å². The van der Waals surface area contributed by atoms with Crippen LogP contribution in [0.2, 0.25) is 10.0 Å². The Morgan fingerprint density at radius 2 is 1.88 bits per heavy atom. The molecule has 3 N–H and O–H groups in total. The van der Waals surface area contributed by atoms with E-state index in [1.807, 2.05) is 6.92 Å². The lowest BCUT2D eigenvalue weighted by Gasteiger charge is -2.38. The maximum absolute atomic E-state index is 13.0. The van der Waals surface area contributed by atoms with E-state index in [2.05, 4.69) is 5.32 Å². The van der Waals surface area contributed by atoms with Crippen molar-refractivity contribution >= 4 is 40.7 Å². The maximum atomic E-state index is 13.0. The third-order valence-electron chi connectivity index (χ3n) is 4.52. The highest BCUT2D eigenvalue weighted by atomic mass is 35.5. The molecule has 0 unspecified atom stereocenters. The predicted octanol–water partition coefficient (Wildman–Crippen LogP) is 2.54. The van der Waals surface area contributed by atoms with Crippen molar-refractivity contribution in [2.24, 2.45) is 11.1 Å². The fraction of sp³-hybridized carbons (Fsp3) is 0.529. The van der Waals surface area contributed by atoms with Crippen molar-refractivity contribution in [2.45, 2.75) is 19.8 Å². The third kappa shape index (κ3) is 4.64. The molecule has 0 atom stereocenters. The summed E-state index contributed by atoms with van der Waals surface area (Å²) in [5, 5.41) is 3.37. The summed E-state index contributed by atoms with van der Waals surface area (Å²) in [6.07, 6.45) is 1.13. The van der Waals surface area contributed by atoms with Gasteiger partial charge in [-0.2, -0.15) is 0 Å². The molecule has 25 heavy (non-hydrogen) atoms. The Morgan fingerprint density at radius 1 is 1.28 bits per heavy atom. The minimum atomic E-state index is -0.656. The molecule has 2 amide bonds. The number of halogens is 2. The van der Waals surface area contributed by atoms with Gasteiger partial charge in [0.05, 0.1) is 27.7 Å². The maximum Gasteiger partial charge on any atom is 0.244 e. The van der Waals surface area contributed by atoms with Gasteiger partial charge in [-0.05, 0) is 31.9 Å². The first-order valence-corrected chi connectivity index (χ1v) is 9.00. The minimum Gasteiger partial charge on any atom is -0.381 e. The van der Waals surface area contributed by atoms with Crippen LogP contribution in [0.5, 0.6) is 0 Å². The van der Waals surface area contributed by atoms with Crippen molar-refractivity contribution in [2.75, 3.05) is 38.2 Å². The highest BCUT2D eigenvalue weighted by molar-refractivity contribution is 6.39. The zero-order chi connectivity index (χ0) is 18.4. The summed E-state index contributed by atoms with van der Waals surface area (Å²) in [5.41, 5.74) is 5.58. The van der Waals surface area contributed by atoms with Gasteiger partial charge in [0, 0.05) is 26.3 Å². The first-order chi connectivity index (χ1) is 11.9. The molecule has 1 aliphatic heterocycles. The van der Waals surface area contributed by atoms with E-state index in [4.69, 9.17) is 33.7 Å². The second-order valence-electron chi connectivity index (χ2n) is 6.06. The lowest BCUT2D eigenvalue weighted by atomic mass is 9.79. The fourth-order valence-corrected chi connectivity index (χ4v) is 3.39. The first kappa shape index (κ1) is 20.0. The zero-order valence-electron chi connectivity index (χ0n) is 14.2. The van der Waals surface area contributed by atoms with Crippen molar-refractivity contribution in [3.8, 4) is 0 Å². The van der Waals surface area contributed by atoms with Crippen LogP contribution in [0.3, 0.4) is 0 Å². The lowest BCUT2D eigenvalue weighted by Crippen LogP contribution is -2.52. The van der Waals surface area contributed by atoms with E-state index in [0.717, 1.165) is 0 Å². The van der Waals surface area contributed by atoms with Crippen molar-refractivity contribution < 1.29 is 14.3 Å². The Labute approximate surface area is 157 Å². The standard InChI is InChI=1S/C17H23Cl2N3O3/c1-2-22(16(24)17(11-20)6-8-25-9-7-17)10-14(23)21-15-12(18)4-3-5-13(15)19/h3-5H,2,6-11,20H2,1H3,(H,21,23). The quantitative estimate of drug-likeness (QED) is 0.785. The molecule has 1 aromatic rings. The Kier molecular flexibility index (Phi) is 7.07. The summed E-state index contributed by atoms with van der Waals surface area (Å²) in [4.78, 5) is 26.9. The Morgan fingerprint density at radius 3 is 2.40 bits per heavy atom. The molecule has 0 aliphatic carbocycles. The second-order valence-corrected chi connectivity index (χ2v) is 6.88. The van der Waals surface area contributed by atoms with Crippen LogP contribution in [-0.4, -0.2) is 49.6 Å². The van der Waals surface area contributed by atoms with Gasteiger partial charge in [0.25, 0.3) is 0 Å². The highest BCUT2D eigenvalue weighted by Crippen LogP contribution is 2.32. The topological polar surface area (TPSA) is 84.7 Å². The molecule has 6 nitrogen and oxygen atoms in total. The van der Waals surface area contributed by atoms with E-state index in [0.29, 0.717) is 48.3 Å². The van der Waals surface area contributed by atoms with E-state index in [-0.39, 0.29) is 24.9 Å². The average molecular weight is 388 g/mol. The van der Waals surface area contributed by atoms with E-state index >= 15 is 0 Å². The number of likely N-dealkylation sites (N-methyl/N-ethyl adjacent to an activating group) is 1. The number of hydrogen-bond acceptors (Lipinski definition) is 4. The summed E-state index contributed by atoms with van der Waals surface area (Å²) in [6.45, 7) is 3.40. The van der Waals surface area contributed by atoms with Crippen molar-refractivity contribution in [3.05, 3.63) is 28.2 Å². The van der Waals surface area contributed by atoms with Crippen LogP contribution >= 0.6 is 23.2 Å². The van der Waals surface area contributed by atoms with Crippen LogP contribution in [0.25, 0.3) is 0 Å². The molecular formula is C17H23Cl2N3O3. The molecule has 1 aliphatic rings. The molecule has 1 fully saturated rings. The summed E-state index contributed by atoms with van der Waals surface area (Å²) < 4.78 is 5.34. The Hall–Kier alpha value is -1.34. The number of hydrogen-bond donors (Lipinski definition) is 2. The van der Waals surface area contributed by atoms with Gasteiger partial charge in [0.1, 0.15) is 0 Å². The number of benzene rings is 1. The first-order valence-electron chi connectivity index (χ1n) is 8.24. The van der Waals surface area contributed by atoms with E-state index < -0.39 is 5.41 Å². The molecule has 8 heteroatoms. The van der Waals surface area contributed by atoms with Gasteiger partial charge in [-0.15, -0.1) is 0 Å². The van der Waals surface area contributed by atoms with Crippen molar-refractivity contribution in [1.29, 1.82) is 0 Å². The largest absolute Gasteiger partial charge is 0.381 e. The molecule has 0 spiro atoms. The predicted molar refractivity (Wildman–Crippen MR) is 98.9 cm³/mol. The normalized spacial score (nSPS) is 16.3. The van der Waals surface area contributed by atoms with E-state index in [1.54, 1.807) is 18.2 Å². The number of anilines is 1. The fourth-order valence-electron chi connectivity index (χ4n) is 2.90. The monoisotopic (exact) mass is 387 g/mol. The molecule has 1 heterocycles. The number of nitrogens with one attached hydrogen (secondary N) is 1. The van der Waals surface area contributed by atoms with Gasteiger partial charge in [-0.1, -0.05) is 29.3 Å². The summed E-state index contributed by atoms with van der Waals surface area (Å²) in [6, 6.07) is 4.97.